The SMILES string of the molecule is CCS(=O)(=O)N1CCC(C(=O)Nc2nc3ccccc3n2-c2ccccc2)CC1. The van der Waals surface area contributed by atoms with Crippen LogP contribution in [0, 0.1) is 5.92 Å². The second-order valence-corrected chi connectivity index (χ2v) is 9.42. The average molecular weight is 413 g/mol. The van der Waals surface area contributed by atoms with E-state index in [1.165, 1.54) is 4.31 Å². The van der Waals surface area contributed by atoms with Gasteiger partial charge in [-0.1, -0.05) is 30.3 Å². The van der Waals surface area contributed by atoms with Gasteiger partial charge in [-0.25, -0.2) is 17.7 Å². The number of carbonyl (C=O) groups excluding carboxylic acids is 1. The summed E-state index contributed by atoms with van der Waals surface area (Å²) >= 11 is 0. The summed E-state index contributed by atoms with van der Waals surface area (Å²) in [6.45, 7) is 2.40. The van der Waals surface area contributed by atoms with E-state index in [4.69, 9.17) is 0 Å². The maximum atomic E-state index is 12.9. The summed E-state index contributed by atoms with van der Waals surface area (Å²) in [5, 5.41) is 2.98. The summed E-state index contributed by atoms with van der Waals surface area (Å²) in [5.41, 5.74) is 2.63. The second-order valence-electron chi connectivity index (χ2n) is 7.16. The molecule has 0 bridgehead atoms. The molecule has 4 rings (SSSR count). The number of amides is 1. The number of benzene rings is 2. The number of hydrogen-bond donors (Lipinski definition) is 1. The molecule has 1 saturated heterocycles. The first kappa shape index (κ1) is 19.6. The Labute approximate surface area is 170 Å². The molecule has 1 amide bonds. The van der Waals surface area contributed by atoms with Crippen LogP contribution in [0.5, 0.6) is 0 Å². The fourth-order valence-corrected chi connectivity index (χ4v) is 4.87. The van der Waals surface area contributed by atoms with Gasteiger partial charge in [-0.2, -0.15) is 0 Å². The van der Waals surface area contributed by atoms with Crippen molar-refractivity contribution in [3.63, 3.8) is 0 Å². The van der Waals surface area contributed by atoms with Crippen molar-refractivity contribution in [1.82, 2.24) is 13.9 Å². The summed E-state index contributed by atoms with van der Waals surface area (Å²) in [7, 11) is -3.20. The van der Waals surface area contributed by atoms with Crippen LogP contribution < -0.4 is 5.32 Å². The van der Waals surface area contributed by atoms with E-state index in [0.29, 0.717) is 31.9 Å². The molecule has 0 radical (unpaired) electrons. The zero-order chi connectivity index (χ0) is 20.4. The van der Waals surface area contributed by atoms with Crippen LogP contribution in [0.1, 0.15) is 19.8 Å². The number of imidazole rings is 1. The highest BCUT2D eigenvalue weighted by Gasteiger charge is 2.30. The van der Waals surface area contributed by atoms with Crippen LogP contribution in [0.3, 0.4) is 0 Å². The number of sulfonamides is 1. The molecule has 1 N–H and O–H groups in total. The Balaban J connectivity index is 1.57. The number of hydrogen-bond acceptors (Lipinski definition) is 4. The minimum atomic E-state index is -3.20. The van der Waals surface area contributed by atoms with Gasteiger partial charge in [0.05, 0.1) is 16.8 Å². The Hall–Kier alpha value is -2.71. The van der Waals surface area contributed by atoms with Gasteiger partial charge in [0, 0.05) is 24.7 Å². The van der Waals surface area contributed by atoms with E-state index in [-0.39, 0.29) is 17.6 Å². The molecule has 1 fully saturated rings. The van der Waals surface area contributed by atoms with Gasteiger partial charge in [0.15, 0.2) is 0 Å². The number of nitrogens with one attached hydrogen (secondary N) is 1. The van der Waals surface area contributed by atoms with Crippen molar-refractivity contribution >= 4 is 32.9 Å². The molecule has 1 aromatic heterocycles. The molecule has 0 unspecified atom stereocenters. The first-order valence-electron chi connectivity index (χ1n) is 9.81. The van der Waals surface area contributed by atoms with Gasteiger partial charge in [-0.05, 0) is 44.0 Å². The van der Waals surface area contributed by atoms with Crippen molar-refractivity contribution in [2.45, 2.75) is 19.8 Å². The monoisotopic (exact) mass is 412 g/mol. The van der Waals surface area contributed by atoms with E-state index in [0.717, 1.165) is 16.7 Å². The van der Waals surface area contributed by atoms with Crippen LogP contribution in [0.25, 0.3) is 16.7 Å². The average Bonchev–Trinajstić information content (AvgIpc) is 3.12. The van der Waals surface area contributed by atoms with Gasteiger partial charge in [0.2, 0.25) is 21.9 Å². The second kappa shape index (κ2) is 7.96. The Morgan fingerprint density at radius 3 is 2.41 bits per heavy atom. The number of anilines is 1. The van der Waals surface area contributed by atoms with E-state index in [1.54, 1.807) is 6.92 Å². The fourth-order valence-electron chi connectivity index (χ4n) is 3.74. The molecule has 2 aromatic carbocycles. The molecule has 2 heterocycles. The summed E-state index contributed by atoms with van der Waals surface area (Å²) in [5.74, 6) is 0.213. The maximum absolute atomic E-state index is 12.9. The minimum Gasteiger partial charge on any atom is -0.295 e. The first-order valence-corrected chi connectivity index (χ1v) is 11.4. The third kappa shape index (κ3) is 3.90. The van der Waals surface area contributed by atoms with E-state index in [2.05, 4.69) is 10.3 Å². The Morgan fingerprint density at radius 2 is 1.72 bits per heavy atom. The lowest BCUT2D eigenvalue weighted by molar-refractivity contribution is -0.121. The highest BCUT2D eigenvalue weighted by atomic mass is 32.2. The number of aromatic nitrogens is 2. The molecule has 8 heteroatoms. The molecule has 7 nitrogen and oxygen atoms in total. The third-order valence-corrected chi connectivity index (χ3v) is 7.27. The van der Waals surface area contributed by atoms with Gasteiger partial charge >= 0.3 is 0 Å². The lowest BCUT2D eigenvalue weighted by Crippen LogP contribution is -2.42. The topological polar surface area (TPSA) is 84.3 Å². The van der Waals surface area contributed by atoms with E-state index >= 15 is 0 Å². The predicted octanol–water partition coefficient (Wildman–Crippen LogP) is 3.03. The summed E-state index contributed by atoms with van der Waals surface area (Å²) in [6, 6.07) is 17.5. The van der Waals surface area contributed by atoms with Crippen molar-refractivity contribution in [3.05, 3.63) is 54.6 Å². The summed E-state index contributed by atoms with van der Waals surface area (Å²) in [4.78, 5) is 17.5. The molecule has 0 saturated carbocycles. The Bertz CT molecular complexity index is 1120. The van der Waals surface area contributed by atoms with Gasteiger partial charge < -0.3 is 0 Å². The molecular formula is C21H24N4O3S. The van der Waals surface area contributed by atoms with Crippen molar-refractivity contribution in [2.24, 2.45) is 5.92 Å². The standard InChI is InChI=1S/C21H24N4O3S/c1-2-29(27,28)24-14-12-16(13-15-24)20(26)23-21-22-18-10-6-7-11-19(18)25(21)17-8-4-3-5-9-17/h3-11,16H,2,12-15H2,1H3,(H,22,23,26). The number of nitrogens with zero attached hydrogens (tertiary/aromatic N) is 3. The highest BCUT2D eigenvalue weighted by Crippen LogP contribution is 2.26. The number of para-hydroxylation sites is 3. The normalized spacial score (nSPS) is 16.2. The maximum Gasteiger partial charge on any atom is 0.229 e. The fraction of sp³-hybridized carbons (Fsp3) is 0.333. The molecule has 1 aliphatic rings. The molecule has 1 aliphatic heterocycles. The lowest BCUT2D eigenvalue weighted by Gasteiger charge is -2.30. The van der Waals surface area contributed by atoms with Crippen LogP contribution in [0.15, 0.2) is 54.6 Å². The largest absolute Gasteiger partial charge is 0.295 e. The third-order valence-electron chi connectivity index (χ3n) is 5.39. The molecule has 0 aliphatic carbocycles. The van der Waals surface area contributed by atoms with Crippen LogP contribution in [-0.2, 0) is 14.8 Å². The quantitative estimate of drug-likeness (QED) is 0.698. The van der Waals surface area contributed by atoms with Crippen molar-refractivity contribution in [3.8, 4) is 5.69 Å². The lowest BCUT2D eigenvalue weighted by atomic mass is 9.97. The summed E-state index contributed by atoms with van der Waals surface area (Å²) in [6.07, 6.45) is 1.02. The van der Waals surface area contributed by atoms with E-state index < -0.39 is 10.0 Å². The minimum absolute atomic E-state index is 0.0883. The van der Waals surface area contributed by atoms with Crippen LogP contribution in [0.4, 0.5) is 5.95 Å². The zero-order valence-electron chi connectivity index (χ0n) is 16.3. The van der Waals surface area contributed by atoms with E-state index in [1.807, 2.05) is 59.2 Å². The highest BCUT2D eigenvalue weighted by molar-refractivity contribution is 7.89. The molecule has 0 spiro atoms. The van der Waals surface area contributed by atoms with Gasteiger partial charge in [0.25, 0.3) is 0 Å². The van der Waals surface area contributed by atoms with Gasteiger partial charge in [-0.3, -0.25) is 14.7 Å². The Morgan fingerprint density at radius 1 is 1.07 bits per heavy atom. The van der Waals surface area contributed by atoms with Gasteiger partial charge in [0.1, 0.15) is 0 Å². The van der Waals surface area contributed by atoms with Crippen molar-refractivity contribution in [1.29, 1.82) is 0 Å². The number of piperidine rings is 1. The van der Waals surface area contributed by atoms with Gasteiger partial charge in [-0.15, -0.1) is 0 Å². The molecular weight excluding hydrogens is 388 g/mol. The number of rotatable bonds is 5. The van der Waals surface area contributed by atoms with Crippen LogP contribution in [-0.4, -0.2) is 47.0 Å². The van der Waals surface area contributed by atoms with Crippen molar-refractivity contribution in [2.75, 3.05) is 24.2 Å². The first-order chi connectivity index (χ1) is 14.0. The zero-order valence-corrected chi connectivity index (χ0v) is 17.1. The van der Waals surface area contributed by atoms with Crippen molar-refractivity contribution < 1.29 is 13.2 Å². The molecule has 3 aromatic rings. The number of fused-ring (bicyclic) bond motifs is 1. The molecule has 152 valence electrons. The molecule has 0 atom stereocenters. The van der Waals surface area contributed by atoms with Crippen LogP contribution >= 0.6 is 0 Å². The number of carbonyl (C=O) groups is 1. The summed E-state index contributed by atoms with van der Waals surface area (Å²) < 4.78 is 27.5. The predicted molar refractivity (Wildman–Crippen MR) is 113 cm³/mol. The smallest absolute Gasteiger partial charge is 0.229 e. The Kier molecular flexibility index (Phi) is 5.38. The van der Waals surface area contributed by atoms with E-state index in [9.17, 15) is 13.2 Å². The van der Waals surface area contributed by atoms with Crippen LogP contribution in [0.2, 0.25) is 0 Å². The molecule has 29 heavy (non-hydrogen) atoms.